The van der Waals surface area contributed by atoms with Gasteiger partial charge in [-0.1, -0.05) is 6.07 Å². The minimum absolute atomic E-state index is 0.345. The van der Waals surface area contributed by atoms with Crippen LogP contribution in [0.1, 0.15) is 28.8 Å². The van der Waals surface area contributed by atoms with Crippen LogP contribution in [0.25, 0.3) is 0 Å². The molecular formula is C15H19N2O2. The monoisotopic (exact) mass is 259 g/mol. The predicted molar refractivity (Wildman–Crippen MR) is 74.1 cm³/mol. The van der Waals surface area contributed by atoms with E-state index >= 15 is 0 Å². The number of morpholine rings is 1. The van der Waals surface area contributed by atoms with Gasteiger partial charge in [0.25, 0.3) is 0 Å². The number of primary amides is 1. The summed E-state index contributed by atoms with van der Waals surface area (Å²) in [6, 6.07) is 6.01. The summed E-state index contributed by atoms with van der Waals surface area (Å²) < 4.78 is 5.34. The number of amides is 1. The third kappa shape index (κ3) is 2.89. The predicted octanol–water partition coefficient (Wildman–Crippen LogP) is 1.58. The van der Waals surface area contributed by atoms with Crippen LogP contribution in [-0.4, -0.2) is 32.2 Å². The molecule has 1 saturated carbocycles. The quantitative estimate of drug-likeness (QED) is 0.893. The Labute approximate surface area is 113 Å². The number of hydrogen-bond acceptors (Lipinski definition) is 3. The topological polar surface area (TPSA) is 55.6 Å². The first-order valence-electron chi connectivity index (χ1n) is 6.85. The van der Waals surface area contributed by atoms with Crippen molar-refractivity contribution in [2.24, 2.45) is 11.7 Å². The van der Waals surface area contributed by atoms with Crippen molar-refractivity contribution in [1.82, 2.24) is 0 Å². The van der Waals surface area contributed by atoms with Gasteiger partial charge in [0, 0.05) is 24.3 Å². The standard InChI is InChI=1S/C15H19N2O2/c16-15(18)14-10-13(17-5-7-19-8-6-17)4-3-12(14)9-11-1-2-11/h3-4,9-11H,1-2,5-8H2,(H2,16,18). The molecule has 0 spiro atoms. The maximum atomic E-state index is 11.6. The van der Waals surface area contributed by atoms with Crippen LogP contribution in [0.3, 0.4) is 0 Å². The summed E-state index contributed by atoms with van der Waals surface area (Å²) in [5, 5.41) is 0. The minimum Gasteiger partial charge on any atom is -0.378 e. The maximum absolute atomic E-state index is 11.6. The largest absolute Gasteiger partial charge is 0.378 e. The Kier molecular flexibility index (Phi) is 3.42. The van der Waals surface area contributed by atoms with Gasteiger partial charge in [-0.25, -0.2) is 0 Å². The molecule has 2 N–H and O–H groups in total. The first kappa shape index (κ1) is 12.5. The molecule has 1 aromatic rings. The molecule has 4 nitrogen and oxygen atoms in total. The average Bonchev–Trinajstić information content (AvgIpc) is 3.24. The van der Waals surface area contributed by atoms with Gasteiger partial charge in [0.1, 0.15) is 0 Å². The Bertz CT molecular complexity index is 477. The van der Waals surface area contributed by atoms with E-state index in [4.69, 9.17) is 10.5 Å². The molecule has 101 valence electrons. The number of hydrogen-bond donors (Lipinski definition) is 1. The molecule has 2 aliphatic rings. The van der Waals surface area contributed by atoms with Crippen molar-refractivity contribution in [2.75, 3.05) is 31.2 Å². The van der Waals surface area contributed by atoms with Crippen LogP contribution in [-0.2, 0) is 4.74 Å². The summed E-state index contributed by atoms with van der Waals surface area (Å²) in [4.78, 5) is 13.9. The van der Waals surface area contributed by atoms with Crippen molar-refractivity contribution in [3.63, 3.8) is 0 Å². The second-order valence-corrected chi connectivity index (χ2v) is 5.24. The fraction of sp³-hybridized carbons (Fsp3) is 0.467. The molecular weight excluding hydrogens is 240 g/mol. The molecule has 1 amide bonds. The molecule has 1 aromatic carbocycles. The number of benzene rings is 1. The molecule has 1 heterocycles. The van der Waals surface area contributed by atoms with Gasteiger partial charge in [0.2, 0.25) is 5.91 Å². The number of carbonyl (C=O) groups excluding carboxylic acids is 1. The fourth-order valence-corrected chi connectivity index (χ4v) is 2.44. The van der Waals surface area contributed by atoms with Crippen molar-refractivity contribution < 1.29 is 9.53 Å². The van der Waals surface area contributed by atoms with Crippen LogP contribution >= 0.6 is 0 Å². The molecule has 0 bridgehead atoms. The van der Waals surface area contributed by atoms with Gasteiger partial charge >= 0.3 is 0 Å². The van der Waals surface area contributed by atoms with Gasteiger partial charge in [-0.3, -0.25) is 4.79 Å². The minimum atomic E-state index is -0.345. The fourth-order valence-electron chi connectivity index (χ4n) is 2.44. The Morgan fingerprint density at radius 1 is 1.32 bits per heavy atom. The van der Waals surface area contributed by atoms with E-state index in [-0.39, 0.29) is 5.91 Å². The molecule has 1 aliphatic carbocycles. The van der Waals surface area contributed by atoms with Gasteiger partial charge in [-0.2, -0.15) is 0 Å². The van der Waals surface area contributed by atoms with Crippen molar-refractivity contribution in [3.05, 3.63) is 35.7 Å². The lowest BCUT2D eigenvalue weighted by Gasteiger charge is -2.29. The lowest BCUT2D eigenvalue weighted by molar-refractivity contribution is 0.1000. The summed E-state index contributed by atoms with van der Waals surface area (Å²) in [5.74, 6) is 0.286. The third-order valence-corrected chi connectivity index (χ3v) is 3.72. The van der Waals surface area contributed by atoms with Crippen LogP contribution in [0, 0.1) is 12.3 Å². The number of nitrogens with two attached hydrogens (primary N) is 1. The molecule has 1 saturated heterocycles. The Morgan fingerprint density at radius 3 is 2.68 bits per heavy atom. The second kappa shape index (κ2) is 5.21. The number of anilines is 1. The summed E-state index contributed by atoms with van der Waals surface area (Å²) in [5.41, 5.74) is 8.18. The number of carbonyl (C=O) groups is 1. The summed E-state index contributed by atoms with van der Waals surface area (Å²) in [7, 11) is 0. The summed E-state index contributed by atoms with van der Waals surface area (Å²) >= 11 is 0. The molecule has 0 aromatic heterocycles. The molecule has 1 aliphatic heterocycles. The highest BCUT2D eigenvalue weighted by Crippen LogP contribution is 2.35. The molecule has 4 heteroatoms. The number of ether oxygens (including phenoxy) is 1. The van der Waals surface area contributed by atoms with E-state index in [2.05, 4.69) is 17.4 Å². The lowest BCUT2D eigenvalue weighted by atomic mass is 10.0. The van der Waals surface area contributed by atoms with E-state index in [0.29, 0.717) is 11.5 Å². The van der Waals surface area contributed by atoms with Crippen LogP contribution < -0.4 is 10.6 Å². The van der Waals surface area contributed by atoms with Gasteiger partial charge in [-0.05, 0) is 42.9 Å². The molecule has 1 radical (unpaired) electrons. The van der Waals surface area contributed by atoms with Gasteiger partial charge in [0.05, 0.1) is 13.2 Å². The zero-order valence-electron chi connectivity index (χ0n) is 11.0. The zero-order chi connectivity index (χ0) is 13.2. The smallest absolute Gasteiger partial charge is 0.249 e. The molecule has 3 rings (SSSR count). The highest BCUT2D eigenvalue weighted by molar-refractivity contribution is 5.96. The van der Waals surface area contributed by atoms with E-state index < -0.39 is 0 Å². The Morgan fingerprint density at radius 2 is 2.05 bits per heavy atom. The van der Waals surface area contributed by atoms with E-state index in [1.54, 1.807) is 0 Å². The van der Waals surface area contributed by atoms with E-state index in [9.17, 15) is 4.79 Å². The van der Waals surface area contributed by atoms with Crippen LogP contribution in [0.15, 0.2) is 18.2 Å². The van der Waals surface area contributed by atoms with Crippen molar-refractivity contribution in [2.45, 2.75) is 12.8 Å². The maximum Gasteiger partial charge on any atom is 0.249 e. The van der Waals surface area contributed by atoms with Crippen molar-refractivity contribution in [1.29, 1.82) is 0 Å². The zero-order valence-corrected chi connectivity index (χ0v) is 11.0. The van der Waals surface area contributed by atoms with Crippen molar-refractivity contribution >= 4 is 11.6 Å². The third-order valence-electron chi connectivity index (χ3n) is 3.72. The van der Waals surface area contributed by atoms with E-state index in [1.807, 2.05) is 12.1 Å². The lowest BCUT2D eigenvalue weighted by Crippen LogP contribution is -2.36. The van der Waals surface area contributed by atoms with Gasteiger partial charge < -0.3 is 15.4 Å². The summed E-state index contributed by atoms with van der Waals surface area (Å²) in [6.07, 6.45) is 4.62. The normalized spacial score (nSPS) is 19.5. The van der Waals surface area contributed by atoms with Crippen LogP contribution in [0.2, 0.25) is 0 Å². The number of rotatable bonds is 4. The molecule has 0 atom stereocenters. The van der Waals surface area contributed by atoms with Gasteiger partial charge in [-0.15, -0.1) is 0 Å². The van der Waals surface area contributed by atoms with Crippen molar-refractivity contribution in [3.8, 4) is 0 Å². The summed E-state index contributed by atoms with van der Waals surface area (Å²) in [6.45, 7) is 3.21. The molecule has 0 unspecified atom stereocenters. The Hall–Kier alpha value is -1.55. The van der Waals surface area contributed by atoms with Gasteiger partial charge in [0.15, 0.2) is 0 Å². The first-order valence-corrected chi connectivity index (χ1v) is 6.85. The van der Waals surface area contributed by atoms with E-state index in [0.717, 1.165) is 37.6 Å². The van der Waals surface area contributed by atoms with Crippen LogP contribution in [0.4, 0.5) is 5.69 Å². The highest BCUT2D eigenvalue weighted by Gasteiger charge is 2.24. The molecule has 2 fully saturated rings. The number of nitrogens with zero attached hydrogens (tertiary/aromatic N) is 1. The SMILES string of the molecule is NC(=O)c1cc(N2CCOCC2)ccc1[CH]C1CC1. The average molecular weight is 259 g/mol. The molecule has 19 heavy (non-hydrogen) atoms. The van der Waals surface area contributed by atoms with E-state index in [1.165, 1.54) is 12.8 Å². The van der Waals surface area contributed by atoms with Crippen LogP contribution in [0.5, 0.6) is 0 Å². The highest BCUT2D eigenvalue weighted by atomic mass is 16.5. The Balaban J connectivity index is 1.85. The second-order valence-electron chi connectivity index (χ2n) is 5.24. The first-order chi connectivity index (χ1) is 9.24.